The number of allylic oxidation sites excluding steroid dienone is 2. The Balaban J connectivity index is 0.00000961. The van der Waals surface area contributed by atoms with Crippen LogP contribution in [0, 0.1) is 0 Å². The maximum atomic E-state index is 12.8. The molecule has 0 aliphatic carbocycles. The molecular weight excluding hydrogens is 443 g/mol. The van der Waals surface area contributed by atoms with Crippen molar-refractivity contribution in [3.8, 4) is 0 Å². The van der Waals surface area contributed by atoms with E-state index in [0.29, 0.717) is 31.9 Å². The topological polar surface area (TPSA) is 121 Å². The third-order valence-electron chi connectivity index (χ3n) is 5.35. The number of carbonyl (C=O) groups is 1. The number of hydrogen-bond donors (Lipinski definition) is 2. The number of nitrogens with zero attached hydrogens (tertiary/aromatic N) is 2. The van der Waals surface area contributed by atoms with Crippen molar-refractivity contribution in [2.24, 2.45) is 0 Å². The van der Waals surface area contributed by atoms with Crippen molar-refractivity contribution in [3.05, 3.63) is 12.2 Å². The molecule has 2 N–H and O–H groups in total. The Hall–Kier alpha value is -0.290. The molecule has 0 radical (unpaired) electrons. The molecule has 0 aromatic rings. The third-order valence-corrected chi connectivity index (χ3v) is 6.14. The Morgan fingerprint density at radius 3 is 2.41 bits per heavy atom. The summed E-state index contributed by atoms with van der Waals surface area (Å²) in [5.74, 6) is -0.533. The number of unbranched alkanes of at least 4 members (excludes halogenated alkanes) is 7. The molecule has 1 atom stereocenters. The van der Waals surface area contributed by atoms with E-state index in [2.05, 4.69) is 19.1 Å². The van der Waals surface area contributed by atoms with E-state index in [4.69, 9.17) is 0 Å². The molecule has 1 aliphatic heterocycles. The van der Waals surface area contributed by atoms with Crippen molar-refractivity contribution < 1.29 is 62.1 Å². The first-order chi connectivity index (χ1) is 14.8. The average molecular weight is 484 g/mol. The predicted molar refractivity (Wildman–Crippen MR) is 120 cm³/mol. The molecule has 0 bridgehead atoms. The van der Waals surface area contributed by atoms with Crippen molar-refractivity contribution >= 4 is 21.7 Å². The quantitative estimate of drug-likeness (QED) is 0.0814. The summed E-state index contributed by atoms with van der Waals surface area (Å²) in [6.07, 6.45) is 13.4. The van der Waals surface area contributed by atoms with Crippen molar-refractivity contribution in [1.29, 1.82) is 0 Å². The van der Waals surface area contributed by atoms with E-state index >= 15 is 0 Å². The second kappa shape index (κ2) is 18.1. The van der Waals surface area contributed by atoms with Gasteiger partial charge in [0.15, 0.2) is 0 Å². The number of aliphatic hydroxyl groups excluding tert-OH is 2. The molecular formula is C22H40N2NaO6S+. The zero-order chi connectivity index (χ0) is 23.1. The molecule has 0 saturated heterocycles. The summed E-state index contributed by atoms with van der Waals surface area (Å²) in [6, 6.07) is 0. The monoisotopic (exact) mass is 483 g/mol. The number of β-amino-alcohol motifs (C(OH)–C–C–N with tert-alkyl or cyclic N) is 2. The van der Waals surface area contributed by atoms with Gasteiger partial charge >= 0.3 is 35.4 Å². The molecule has 0 amide bonds. The van der Waals surface area contributed by atoms with Crippen LogP contribution < -0.4 is 29.6 Å². The van der Waals surface area contributed by atoms with Gasteiger partial charge in [-0.25, -0.2) is 8.42 Å². The molecule has 0 fully saturated rings. The Kier molecular flexibility index (Phi) is 17.9. The van der Waals surface area contributed by atoms with Crippen molar-refractivity contribution in [2.75, 3.05) is 38.5 Å². The third kappa shape index (κ3) is 14.1. The van der Waals surface area contributed by atoms with Crippen LogP contribution in [0.15, 0.2) is 12.2 Å². The molecule has 1 unspecified atom stereocenters. The minimum atomic E-state index is -4.54. The van der Waals surface area contributed by atoms with Crippen LogP contribution in [0.1, 0.15) is 71.1 Å². The van der Waals surface area contributed by atoms with Crippen molar-refractivity contribution in [1.82, 2.24) is 4.90 Å². The smallest absolute Gasteiger partial charge is 0.748 e. The van der Waals surface area contributed by atoms with Crippen LogP contribution in [0.25, 0.3) is 0 Å². The number of Topliss-reactive ketones (excluding diaryl/α,β-unsaturated/α-hetero) is 1. The standard InChI is InChI=1S/C22H40N2O6S.Na/c1-2-3-4-5-6-7-8-9-10-11-12-13-21(27)22-23(16-17-25)14-15-24(22)18-20(26)19-31(28,29)30;/h5-6,20,25-26H,2-4,7-19H2,1H3;/q;+1/b6-5+;. The molecule has 1 aliphatic rings. The molecule has 10 heteroatoms. The summed E-state index contributed by atoms with van der Waals surface area (Å²) in [6.45, 7) is 3.27. The van der Waals surface area contributed by atoms with Gasteiger partial charge in [0, 0.05) is 6.42 Å². The van der Waals surface area contributed by atoms with Gasteiger partial charge in [0.2, 0.25) is 5.78 Å². The van der Waals surface area contributed by atoms with Crippen LogP contribution >= 0.6 is 0 Å². The molecule has 0 saturated carbocycles. The molecule has 8 nitrogen and oxygen atoms in total. The van der Waals surface area contributed by atoms with Gasteiger partial charge in [-0.3, -0.25) is 14.3 Å². The van der Waals surface area contributed by atoms with Gasteiger partial charge in [-0.05, 0) is 25.7 Å². The first-order valence-electron chi connectivity index (χ1n) is 11.6. The van der Waals surface area contributed by atoms with Gasteiger partial charge < -0.3 is 14.8 Å². The summed E-state index contributed by atoms with van der Waals surface area (Å²) in [4.78, 5) is 14.6. The van der Waals surface area contributed by atoms with Gasteiger partial charge in [-0.2, -0.15) is 0 Å². The van der Waals surface area contributed by atoms with E-state index in [1.54, 1.807) is 9.48 Å². The van der Waals surface area contributed by atoms with Crippen LogP contribution in [0.5, 0.6) is 0 Å². The summed E-state index contributed by atoms with van der Waals surface area (Å²) in [7, 11) is -4.54. The fourth-order valence-electron chi connectivity index (χ4n) is 3.81. The maximum Gasteiger partial charge on any atom is 1.00 e. The largest absolute Gasteiger partial charge is 1.00 e. The minimum absolute atomic E-state index is 0. The second-order valence-corrected chi connectivity index (χ2v) is 9.65. The summed E-state index contributed by atoms with van der Waals surface area (Å²) in [5, 5.41) is 19.2. The average Bonchev–Trinajstić information content (AvgIpc) is 3.06. The fraction of sp³-hybridized carbons (Fsp3) is 0.818. The number of amidine groups is 1. The predicted octanol–water partition coefficient (Wildman–Crippen LogP) is -1.34. The Morgan fingerprint density at radius 2 is 1.78 bits per heavy atom. The van der Waals surface area contributed by atoms with Crippen molar-refractivity contribution in [3.63, 3.8) is 0 Å². The van der Waals surface area contributed by atoms with Crippen LogP contribution in [0.2, 0.25) is 0 Å². The first-order valence-corrected chi connectivity index (χ1v) is 13.1. The zero-order valence-electron chi connectivity index (χ0n) is 19.9. The van der Waals surface area contributed by atoms with E-state index < -0.39 is 22.0 Å². The van der Waals surface area contributed by atoms with Gasteiger partial charge in [-0.1, -0.05) is 51.2 Å². The van der Waals surface area contributed by atoms with Crippen LogP contribution in [-0.2, 0) is 14.9 Å². The summed E-state index contributed by atoms with van der Waals surface area (Å²) < 4.78 is 34.2. The molecule has 180 valence electrons. The Labute approximate surface area is 215 Å². The van der Waals surface area contributed by atoms with E-state index in [1.807, 2.05) is 0 Å². The Bertz CT molecular complexity index is 697. The molecule has 1 heterocycles. The van der Waals surface area contributed by atoms with Gasteiger partial charge in [0.1, 0.15) is 32.3 Å². The molecule has 0 aromatic carbocycles. The number of carbonyl (C=O) groups excluding carboxylic acids is 1. The van der Waals surface area contributed by atoms with E-state index in [-0.39, 0.29) is 48.5 Å². The van der Waals surface area contributed by atoms with E-state index in [0.717, 1.165) is 44.9 Å². The molecule has 1 rings (SSSR count). The minimum Gasteiger partial charge on any atom is -0.748 e. The molecule has 0 spiro atoms. The SMILES string of the molecule is CCCC/C=C/CCCCCCCC(=O)C1=[N+](CC(O)CS(=O)(=O)[O-])CCN1CCO.[Na+]. The molecule has 32 heavy (non-hydrogen) atoms. The van der Waals surface area contributed by atoms with Crippen LogP contribution in [0.4, 0.5) is 0 Å². The fourth-order valence-corrected chi connectivity index (χ4v) is 4.39. The Morgan fingerprint density at radius 1 is 1.16 bits per heavy atom. The first kappa shape index (κ1) is 31.7. The van der Waals surface area contributed by atoms with Gasteiger partial charge in [-0.15, -0.1) is 0 Å². The van der Waals surface area contributed by atoms with E-state index in [9.17, 15) is 28.0 Å². The number of rotatable bonds is 18. The molecule has 0 aromatic heterocycles. The number of ketones is 1. The summed E-state index contributed by atoms with van der Waals surface area (Å²) in [5.41, 5.74) is 0. The second-order valence-electron chi connectivity index (χ2n) is 8.20. The van der Waals surface area contributed by atoms with Crippen molar-refractivity contribution in [2.45, 2.75) is 77.2 Å². The van der Waals surface area contributed by atoms with Gasteiger partial charge in [0.05, 0.1) is 22.5 Å². The van der Waals surface area contributed by atoms with E-state index in [1.165, 1.54) is 12.8 Å². The van der Waals surface area contributed by atoms with Crippen LogP contribution in [0.3, 0.4) is 0 Å². The normalized spacial score (nSPS) is 15.4. The maximum absolute atomic E-state index is 12.8. The summed E-state index contributed by atoms with van der Waals surface area (Å²) >= 11 is 0. The van der Waals surface area contributed by atoms with Crippen LogP contribution in [-0.4, -0.2) is 88.9 Å². The zero-order valence-corrected chi connectivity index (χ0v) is 22.7. The van der Waals surface area contributed by atoms with Gasteiger partial charge in [0.25, 0.3) is 0 Å². The number of hydrogen-bond acceptors (Lipinski definition) is 7. The number of aliphatic hydroxyl groups is 2.